The van der Waals surface area contributed by atoms with Gasteiger partial charge in [-0.05, 0) is 0 Å². The third-order valence-corrected chi connectivity index (χ3v) is 0.556. The Hall–Kier alpha value is 0.523. The van der Waals surface area contributed by atoms with E-state index in [1.165, 1.54) is 0 Å². The summed E-state index contributed by atoms with van der Waals surface area (Å²) in [7, 11) is 0. The zero-order valence-electron chi connectivity index (χ0n) is 4.76. The summed E-state index contributed by atoms with van der Waals surface area (Å²) in [4.78, 5) is 0. The van der Waals surface area contributed by atoms with Crippen LogP contribution in [-0.4, -0.2) is 0 Å². The van der Waals surface area contributed by atoms with Crippen molar-refractivity contribution >= 4 is 0 Å². The fourth-order valence-electron chi connectivity index (χ4n) is 0.321. The second-order valence-corrected chi connectivity index (χ2v) is 0.962. The molecule has 0 spiro atoms. The molecular weight excluding hydrogens is 199 g/mol. The summed E-state index contributed by atoms with van der Waals surface area (Å²) in [6, 6.07) is 10.0. The molecule has 0 nitrogen and oxygen atoms in total. The van der Waals surface area contributed by atoms with E-state index in [1.807, 2.05) is 30.3 Å². The van der Waals surface area contributed by atoms with Crippen LogP contribution in [0.2, 0.25) is 0 Å². The molecule has 1 aromatic rings. The average Bonchev–Trinajstić information content (AvgIpc) is 1.76. The minimum atomic E-state index is 0. The Bertz CT molecular complexity index is 65.0. The van der Waals surface area contributed by atoms with Crippen LogP contribution in [0.4, 0.5) is 0 Å². The molecule has 0 unspecified atom stereocenters. The van der Waals surface area contributed by atoms with E-state index >= 15 is 0 Å². The van der Waals surface area contributed by atoms with Crippen molar-refractivity contribution in [2.45, 2.75) is 0 Å². The van der Waals surface area contributed by atoms with Crippen molar-refractivity contribution in [1.29, 1.82) is 0 Å². The molecule has 1 rings (SSSR count). The third-order valence-electron chi connectivity index (χ3n) is 0.556. The maximum atomic E-state index is 2.00. The molecule has 0 bridgehead atoms. The normalized spacial score (nSPS) is 5.00. The summed E-state index contributed by atoms with van der Waals surface area (Å²) in [6.45, 7) is 0. The van der Waals surface area contributed by atoms with Crippen LogP contribution >= 0.6 is 0 Å². The second kappa shape index (κ2) is 10.5. The van der Waals surface area contributed by atoms with Gasteiger partial charge in [0.15, 0.2) is 0 Å². The van der Waals surface area contributed by atoms with Gasteiger partial charge in [-0.3, -0.25) is 0 Å². The van der Waals surface area contributed by atoms with Crippen LogP contribution in [0.5, 0.6) is 0 Å². The third kappa shape index (κ3) is 6.52. The van der Waals surface area contributed by atoms with Crippen molar-refractivity contribution in [1.82, 2.24) is 0 Å². The second-order valence-electron chi connectivity index (χ2n) is 0.962. The zero-order valence-corrected chi connectivity index (χ0v) is 7.98. The van der Waals surface area contributed by atoms with Gasteiger partial charge in [0.05, 0.1) is 0 Å². The van der Waals surface area contributed by atoms with Crippen LogP contribution in [0.1, 0.15) is 0 Å². The molecule has 0 aliphatic carbocycles. The first kappa shape index (κ1) is 15.8. The van der Waals surface area contributed by atoms with Gasteiger partial charge in [0, 0.05) is 0 Å². The summed E-state index contributed by atoms with van der Waals surface area (Å²) in [5.41, 5.74) is 0. The van der Waals surface area contributed by atoms with E-state index in [1.54, 1.807) is 0 Å². The summed E-state index contributed by atoms with van der Waals surface area (Å²) in [5, 5.41) is 0. The summed E-state index contributed by atoms with van der Waals surface area (Å²) < 4.78 is 0. The van der Waals surface area contributed by atoms with Gasteiger partial charge in [-0.1, -0.05) is 0 Å². The van der Waals surface area contributed by atoms with Gasteiger partial charge in [-0.2, -0.15) is 18.2 Å². The van der Waals surface area contributed by atoms with Crippen LogP contribution in [-0.2, 0) is 26.2 Å². The van der Waals surface area contributed by atoms with E-state index in [9.17, 15) is 0 Å². The number of halogens is 1. The molecule has 0 saturated heterocycles. The Morgan fingerprint density at radius 3 is 1.50 bits per heavy atom. The Balaban J connectivity index is -0.0000000833. The number of hydrogen-bond donors (Lipinski definition) is 0. The summed E-state index contributed by atoms with van der Waals surface area (Å²) >= 11 is 0. The quantitative estimate of drug-likeness (QED) is 0.471. The first-order valence-corrected chi connectivity index (χ1v) is 1.67. The first-order chi connectivity index (χ1) is 2.50. The van der Waals surface area contributed by atoms with Crippen molar-refractivity contribution in [3.63, 3.8) is 0 Å². The molecule has 0 amide bonds. The minimum absolute atomic E-state index is 0. The van der Waals surface area contributed by atoms with Crippen LogP contribution in [0.25, 0.3) is 0 Å². The molecule has 0 N–H and O–H groups in total. The van der Waals surface area contributed by atoms with E-state index < -0.39 is 0 Å². The average molecular weight is 207 g/mol. The fraction of sp³-hybridized carbons (Fsp3) is 0. The van der Waals surface area contributed by atoms with E-state index in [2.05, 4.69) is 0 Å². The maximum absolute atomic E-state index is 2.00. The van der Waals surface area contributed by atoms with Gasteiger partial charge < -0.3 is 19.8 Å². The molecule has 0 fully saturated rings. The molecule has 0 atom stereocenters. The van der Waals surface area contributed by atoms with Gasteiger partial charge >= 0.3 is 26.2 Å². The monoisotopic (exact) mass is 205 g/mol. The van der Waals surface area contributed by atoms with E-state index in [0.29, 0.717) is 0 Å². The van der Waals surface area contributed by atoms with Crippen molar-refractivity contribution in [3.05, 3.63) is 37.8 Å². The van der Waals surface area contributed by atoms with Crippen molar-refractivity contribution in [3.8, 4) is 0 Å². The molecular formula is C6H8ClZr. The minimum Gasteiger partial charge on any atom is -1.00 e. The smallest absolute Gasteiger partial charge is 1.00 e. The first-order valence-electron chi connectivity index (χ1n) is 1.67. The Morgan fingerprint density at radius 1 is 1.00 bits per heavy atom. The summed E-state index contributed by atoms with van der Waals surface area (Å²) in [6.07, 6.45) is 0. The van der Waals surface area contributed by atoms with Crippen molar-refractivity contribution in [2.24, 2.45) is 0 Å². The topological polar surface area (TPSA) is 0 Å². The van der Waals surface area contributed by atoms with Gasteiger partial charge in [0.25, 0.3) is 0 Å². The molecule has 1 aromatic carbocycles. The Labute approximate surface area is 76.2 Å². The van der Waals surface area contributed by atoms with Crippen molar-refractivity contribution in [2.75, 3.05) is 0 Å². The van der Waals surface area contributed by atoms with Gasteiger partial charge in [0.1, 0.15) is 0 Å². The summed E-state index contributed by atoms with van der Waals surface area (Å²) in [5.74, 6) is 0. The van der Waals surface area contributed by atoms with Crippen LogP contribution in [0.3, 0.4) is 0 Å². The molecule has 0 heterocycles. The van der Waals surface area contributed by atoms with E-state index in [0.717, 1.165) is 0 Å². The van der Waals surface area contributed by atoms with E-state index in [-0.39, 0.29) is 46.0 Å². The number of hydrogen-bond acceptors (Lipinski definition) is 0. The molecule has 43 valence electrons. The number of rotatable bonds is 0. The van der Waals surface area contributed by atoms with Gasteiger partial charge in [0.2, 0.25) is 0 Å². The SMILES string of the molecule is [CH3-].[Cl-].[Zr+3].c1cc[cH-]c1. The van der Waals surface area contributed by atoms with Gasteiger partial charge in [-0.25, -0.2) is 12.1 Å². The molecule has 0 aliphatic rings. The predicted molar refractivity (Wildman–Crippen MR) is 28.4 cm³/mol. The van der Waals surface area contributed by atoms with Crippen LogP contribution in [0, 0.1) is 7.43 Å². The van der Waals surface area contributed by atoms with Crippen LogP contribution < -0.4 is 12.4 Å². The molecule has 2 heteroatoms. The van der Waals surface area contributed by atoms with Crippen LogP contribution in [0.15, 0.2) is 30.3 Å². The van der Waals surface area contributed by atoms with Gasteiger partial charge in [-0.15, -0.1) is 0 Å². The Kier molecular flexibility index (Phi) is 20.7. The van der Waals surface area contributed by atoms with Crippen molar-refractivity contribution < 1.29 is 38.6 Å². The molecule has 8 heavy (non-hydrogen) atoms. The molecule has 1 radical (unpaired) electrons. The largest absolute Gasteiger partial charge is 3.00 e. The molecule has 0 aromatic heterocycles. The predicted octanol–water partition coefficient (Wildman–Crippen LogP) is -1.14. The fourth-order valence-corrected chi connectivity index (χ4v) is 0.321. The van der Waals surface area contributed by atoms with E-state index in [4.69, 9.17) is 0 Å². The molecule has 0 saturated carbocycles. The standard InChI is InChI=1S/C5H5.CH3.ClH.Zr/c1-2-4-5-3-1;;;/h1-5H;1H3;1H;/q2*-1;;+3/p-1. The zero-order chi connectivity index (χ0) is 3.54. The Morgan fingerprint density at radius 2 is 1.38 bits per heavy atom. The maximum Gasteiger partial charge on any atom is 3.00 e. The molecule has 0 aliphatic heterocycles.